The molecule has 0 aliphatic carbocycles. The number of aromatic carboxylic acids is 1. The second-order valence-corrected chi connectivity index (χ2v) is 6.77. The number of benzene rings is 3. The summed E-state index contributed by atoms with van der Waals surface area (Å²) in [6.07, 6.45) is 0. The van der Waals surface area contributed by atoms with E-state index in [1.165, 1.54) is 0 Å². The third kappa shape index (κ3) is 3.04. The Morgan fingerprint density at radius 2 is 1.13 bits per heavy atom. The average Bonchev–Trinajstić information content (AvgIpc) is 2.77. The van der Waals surface area contributed by atoms with Crippen LogP contribution in [0.15, 0.2) is 107 Å². The second kappa shape index (κ2) is 7.67. The molecule has 2 N–H and O–H groups in total. The number of rotatable bonds is 5. The first-order valence-electron chi connectivity index (χ1n) is 9.32. The summed E-state index contributed by atoms with van der Waals surface area (Å²) in [5, 5.41) is 9.91. The Morgan fingerprint density at radius 3 is 1.50 bits per heavy atom. The minimum absolute atomic E-state index is 0.402. The lowest BCUT2D eigenvalue weighted by molar-refractivity contribution is 0.0679. The predicted molar refractivity (Wildman–Crippen MR) is 113 cm³/mol. The molecule has 0 saturated heterocycles. The zero-order valence-corrected chi connectivity index (χ0v) is 15.9. The van der Waals surface area contributed by atoms with Crippen molar-refractivity contribution in [2.75, 3.05) is 0 Å². The smallest absolute Gasteiger partial charge is 0.352 e. The van der Waals surface area contributed by atoms with Gasteiger partial charge >= 0.3 is 11.7 Å². The van der Waals surface area contributed by atoms with Crippen molar-refractivity contribution in [2.45, 2.75) is 5.54 Å². The number of hydrogen-bond acceptors (Lipinski definition) is 3. The minimum Gasteiger partial charge on any atom is -0.477 e. The summed E-state index contributed by atoms with van der Waals surface area (Å²) in [5.74, 6) is -1.37. The highest BCUT2D eigenvalue weighted by atomic mass is 16.4. The highest BCUT2D eigenvalue weighted by Crippen LogP contribution is 2.40. The number of nitrogens with zero attached hydrogens (tertiary/aromatic N) is 1. The fraction of sp³-hybridized carbons (Fsp3) is 0.0417. The maximum atomic E-state index is 13.2. The quantitative estimate of drug-likeness (QED) is 0.506. The molecule has 0 amide bonds. The van der Waals surface area contributed by atoms with E-state index >= 15 is 0 Å². The van der Waals surface area contributed by atoms with Crippen LogP contribution >= 0.6 is 0 Å². The summed E-state index contributed by atoms with van der Waals surface area (Å²) in [7, 11) is 0. The maximum absolute atomic E-state index is 13.2. The van der Waals surface area contributed by atoms with E-state index in [1.807, 2.05) is 91.0 Å². The van der Waals surface area contributed by atoms with Gasteiger partial charge in [-0.25, -0.2) is 9.59 Å². The van der Waals surface area contributed by atoms with E-state index in [9.17, 15) is 19.5 Å². The number of carbonyl (C=O) groups is 1. The van der Waals surface area contributed by atoms with Crippen LogP contribution in [0.3, 0.4) is 0 Å². The first-order chi connectivity index (χ1) is 14.5. The molecule has 6 heteroatoms. The Kier molecular flexibility index (Phi) is 4.90. The molecule has 4 aromatic rings. The first-order valence-corrected chi connectivity index (χ1v) is 9.32. The van der Waals surface area contributed by atoms with Crippen LogP contribution in [0, 0.1) is 0 Å². The highest BCUT2D eigenvalue weighted by molar-refractivity contribution is 5.86. The van der Waals surface area contributed by atoms with Crippen LogP contribution in [0.25, 0.3) is 0 Å². The summed E-state index contributed by atoms with van der Waals surface area (Å²) in [6.45, 7) is 0. The molecule has 0 radical (unpaired) electrons. The molecule has 148 valence electrons. The third-order valence-corrected chi connectivity index (χ3v) is 5.07. The standard InChI is InChI=1S/C24H18N2O4/c27-21-16-20(22(28)29)26(23(30)25-21)24(17-10-4-1-5-11-17,18-12-6-2-7-13-18)19-14-8-3-9-15-19/h1-16H,(H,28,29)(H,25,27,30). The van der Waals surface area contributed by atoms with Crippen molar-refractivity contribution >= 4 is 5.97 Å². The summed E-state index contributed by atoms with van der Waals surface area (Å²) in [6, 6.07) is 28.5. The average molecular weight is 398 g/mol. The van der Waals surface area contributed by atoms with Gasteiger partial charge < -0.3 is 5.11 Å². The number of nitrogens with one attached hydrogen (secondary N) is 1. The molecular formula is C24H18N2O4. The molecule has 0 saturated carbocycles. The van der Waals surface area contributed by atoms with Gasteiger partial charge in [-0.1, -0.05) is 91.0 Å². The van der Waals surface area contributed by atoms with Crippen LogP contribution in [-0.4, -0.2) is 20.6 Å². The van der Waals surface area contributed by atoms with Gasteiger partial charge in [0.1, 0.15) is 11.2 Å². The molecule has 1 heterocycles. The largest absolute Gasteiger partial charge is 0.477 e. The molecule has 1 aromatic heterocycles. The van der Waals surface area contributed by atoms with Crippen LogP contribution in [0.2, 0.25) is 0 Å². The van der Waals surface area contributed by atoms with Gasteiger partial charge in [0.15, 0.2) is 0 Å². The van der Waals surface area contributed by atoms with Gasteiger partial charge in [0.05, 0.1) is 0 Å². The fourth-order valence-corrected chi connectivity index (χ4v) is 3.91. The lowest BCUT2D eigenvalue weighted by Crippen LogP contribution is -2.49. The molecule has 0 atom stereocenters. The van der Waals surface area contributed by atoms with Crippen molar-refractivity contribution in [1.29, 1.82) is 0 Å². The molecule has 6 nitrogen and oxygen atoms in total. The molecule has 0 unspecified atom stereocenters. The molecule has 0 spiro atoms. The van der Waals surface area contributed by atoms with Crippen LogP contribution in [0.1, 0.15) is 27.2 Å². The van der Waals surface area contributed by atoms with Gasteiger partial charge in [-0.05, 0) is 16.7 Å². The van der Waals surface area contributed by atoms with Crippen LogP contribution < -0.4 is 11.2 Å². The molecule has 4 rings (SSSR count). The fourth-order valence-electron chi connectivity index (χ4n) is 3.91. The van der Waals surface area contributed by atoms with Gasteiger partial charge in [-0.2, -0.15) is 0 Å². The zero-order chi connectivity index (χ0) is 21.1. The Hall–Kier alpha value is -4.19. The number of hydrogen-bond donors (Lipinski definition) is 2. The van der Waals surface area contributed by atoms with Gasteiger partial charge in [-0.15, -0.1) is 0 Å². The number of carboxylic acid groups (broad SMARTS) is 1. The van der Waals surface area contributed by atoms with Crippen molar-refractivity contribution < 1.29 is 9.90 Å². The van der Waals surface area contributed by atoms with Crippen LogP contribution in [0.4, 0.5) is 0 Å². The highest BCUT2D eigenvalue weighted by Gasteiger charge is 2.41. The third-order valence-electron chi connectivity index (χ3n) is 5.07. The topological polar surface area (TPSA) is 92.2 Å². The maximum Gasteiger partial charge on any atom is 0.352 e. The van der Waals surface area contributed by atoms with Gasteiger partial charge in [0, 0.05) is 6.07 Å². The van der Waals surface area contributed by atoms with Crippen molar-refractivity contribution in [3.05, 3.63) is 140 Å². The summed E-state index contributed by atoms with van der Waals surface area (Å²) < 4.78 is 1.15. The summed E-state index contributed by atoms with van der Waals surface area (Å²) in [5.41, 5.74) is -1.26. The van der Waals surface area contributed by atoms with Crippen molar-refractivity contribution in [2.24, 2.45) is 0 Å². The first kappa shape index (κ1) is 19.1. The Bertz CT molecular complexity index is 1200. The SMILES string of the molecule is O=C(O)c1cc(=O)[nH]c(=O)n1C(c1ccccc1)(c1ccccc1)c1ccccc1. The normalized spacial score (nSPS) is 11.2. The van der Waals surface area contributed by atoms with Gasteiger partial charge in [0.25, 0.3) is 5.56 Å². The molecular weight excluding hydrogens is 380 g/mol. The Labute approximate surface area is 171 Å². The van der Waals surface area contributed by atoms with E-state index in [0.717, 1.165) is 10.6 Å². The number of carboxylic acids is 1. The molecule has 0 bridgehead atoms. The number of H-pyrrole nitrogens is 1. The molecule has 30 heavy (non-hydrogen) atoms. The number of aromatic amines is 1. The molecule has 0 fully saturated rings. The molecule has 0 aliphatic rings. The van der Waals surface area contributed by atoms with Crippen LogP contribution in [-0.2, 0) is 5.54 Å². The van der Waals surface area contributed by atoms with E-state index in [0.29, 0.717) is 16.7 Å². The Balaban J connectivity index is 2.29. The van der Waals surface area contributed by atoms with Crippen LogP contribution in [0.5, 0.6) is 0 Å². The second-order valence-electron chi connectivity index (χ2n) is 6.77. The minimum atomic E-state index is -1.37. The Morgan fingerprint density at radius 1 is 0.733 bits per heavy atom. The molecule has 3 aromatic carbocycles. The lowest BCUT2D eigenvalue weighted by atomic mass is 9.76. The van der Waals surface area contributed by atoms with E-state index in [4.69, 9.17) is 0 Å². The van der Waals surface area contributed by atoms with Gasteiger partial charge in [-0.3, -0.25) is 14.3 Å². The lowest BCUT2D eigenvalue weighted by Gasteiger charge is -2.38. The van der Waals surface area contributed by atoms with E-state index in [-0.39, 0.29) is 0 Å². The summed E-state index contributed by atoms with van der Waals surface area (Å²) in [4.78, 5) is 39.5. The summed E-state index contributed by atoms with van der Waals surface area (Å²) >= 11 is 0. The molecule has 0 aliphatic heterocycles. The van der Waals surface area contributed by atoms with Crippen molar-refractivity contribution in [3.8, 4) is 0 Å². The van der Waals surface area contributed by atoms with E-state index in [2.05, 4.69) is 4.98 Å². The van der Waals surface area contributed by atoms with E-state index < -0.39 is 28.5 Å². The van der Waals surface area contributed by atoms with E-state index in [1.54, 1.807) is 0 Å². The van der Waals surface area contributed by atoms with Crippen molar-refractivity contribution in [3.63, 3.8) is 0 Å². The van der Waals surface area contributed by atoms with Gasteiger partial charge in [0.2, 0.25) is 0 Å². The zero-order valence-electron chi connectivity index (χ0n) is 15.9. The predicted octanol–water partition coefficient (Wildman–Crippen LogP) is 3.08. The monoisotopic (exact) mass is 398 g/mol. The van der Waals surface area contributed by atoms with Crippen molar-refractivity contribution in [1.82, 2.24) is 9.55 Å². The number of aromatic nitrogens is 2.